The van der Waals surface area contributed by atoms with Gasteiger partial charge in [0.2, 0.25) is 0 Å². The number of anilines is 1. The first kappa shape index (κ1) is 20.9. The van der Waals surface area contributed by atoms with Crippen LogP contribution in [0.2, 0.25) is 0 Å². The molecule has 0 spiro atoms. The van der Waals surface area contributed by atoms with Crippen molar-refractivity contribution in [2.45, 2.75) is 30.9 Å². The van der Waals surface area contributed by atoms with Gasteiger partial charge in [0.25, 0.3) is 10.0 Å². The van der Waals surface area contributed by atoms with Gasteiger partial charge in [0, 0.05) is 12.0 Å². The van der Waals surface area contributed by atoms with Crippen LogP contribution in [-0.4, -0.2) is 20.2 Å². The Morgan fingerprint density at radius 3 is 2.45 bits per heavy atom. The number of ketones is 1. The fraction of sp³-hybridized carbons (Fsp3) is 0.160. The molecule has 0 aliphatic carbocycles. The maximum atomic E-state index is 13.5. The summed E-state index contributed by atoms with van der Waals surface area (Å²) in [4.78, 5) is 13.0. The van der Waals surface area contributed by atoms with Crippen molar-refractivity contribution < 1.29 is 17.9 Å². The lowest BCUT2D eigenvalue weighted by Gasteiger charge is -2.35. The van der Waals surface area contributed by atoms with E-state index in [1.54, 1.807) is 42.5 Å². The summed E-state index contributed by atoms with van der Waals surface area (Å²) in [5, 5.41) is 0. The zero-order chi connectivity index (χ0) is 22.0. The van der Waals surface area contributed by atoms with Gasteiger partial charge in [0.15, 0.2) is 5.78 Å². The van der Waals surface area contributed by atoms with Gasteiger partial charge in [-0.05, 0) is 42.8 Å². The lowest BCUT2D eigenvalue weighted by atomic mass is 9.96. The van der Waals surface area contributed by atoms with Crippen LogP contribution >= 0.6 is 0 Å². The molecule has 0 fully saturated rings. The first-order chi connectivity index (χ1) is 14.9. The van der Waals surface area contributed by atoms with Crippen LogP contribution in [0.4, 0.5) is 5.69 Å². The molecule has 6 heteroatoms. The summed E-state index contributed by atoms with van der Waals surface area (Å²) >= 11 is 0. The molecule has 3 aromatic rings. The van der Waals surface area contributed by atoms with Crippen molar-refractivity contribution in [1.82, 2.24) is 0 Å². The molecule has 0 N–H and O–H groups in total. The Balaban J connectivity index is 1.71. The fourth-order valence-corrected chi connectivity index (χ4v) is 5.28. The lowest BCUT2D eigenvalue weighted by Crippen LogP contribution is -2.44. The maximum absolute atomic E-state index is 13.5. The standard InChI is InChI=1S/C25H23NO4S/c1-3-20-15-25(27)23-16-21(30-17-19-7-5-4-6-8-19)11-14-24(23)26(20)31(28,29)22-12-9-18(2)10-13-22/h3-14,16,20H,1,15,17H2,2H3. The van der Waals surface area contributed by atoms with Crippen LogP contribution in [0.3, 0.4) is 0 Å². The number of fused-ring (bicyclic) bond motifs is 1. The Hall–Kier alpha value is -3.38. The molecule has 1 aliphatic rings. The molecule has 31 heavy (non-hydrogen) atoms. The quantitative estimate of drug-likeness (QED) is 0.518. The molecule has 1 aliphatic heterocycles. The van der Waals surface area contributed by atoms with E-state index in [1.807, 2.05) is 37.3 Å². The highest BCUT2D eigenvalue weighted by Crippen LogP contribution is 2.37. The Labute approximate surface area is 182 Å². The fourth-order valence-electron chi connectivity index (χ4n) is 3.63. The van der Waals surface area contributed by atoms with E-state index in [0.717, 1.165) is 11.1 Å². The van der Waals surface area contributed by atoms with E-state index in [2.05, 4.69) is 6.58 Å². The number of sulfonamides is 1. The van der Waals surface area contributed by atoms with Gasteiger partial charge in [-0.15, -0.1) is 6.58 Å². The van der Waals surface area contributed by atoms with E-state index < -0.39 is 16.1 Å². The molecule has 0 radical (unpaired) electrons. The molecule has 1 heterocycles. The van der Waals surface area contributed by atoms with E-state index in [-0.39, 0.29) is 17.1 Å². The number of hydrogen-bond acceptors (Lipinski definition) is 4. The number of aryl methyl sites for hydroxylation is 1. The molecule has 1 unspecified atom stereocenters. The van der Waals surface area contributed by atoms with Crippen LogP contribution in [-0.2, 0) is 16.6 Å². The highest BCUT2D eigenvalue weighted by molar-refractivity contribution is 7.92. The van der Waals surface area contributed by atoms with Crippen LogP contribution in [0.1, 0.15) is 27.9 Å². The maximum Gasteiger partial charge on any atom is 0.264 e. The number of hydrogen-bond donors (Lipinski definition) is 0. The summed E-state index contributed by atoms with van der Waals surface area (Å²) < 4.78 is 34.1. The summed E-state index contributed by atoms with van der Waals surface area (Å²) in [5.41, 5.74) is 2.64. The van der Waals surface area contributed by atoms with E-state index in [4.69, 9.17) is 4.74 Å². The third-order valence-electron chi connectivity index (χ3n) is 5.30. The average Bonchev–Trinajstić information content (AvgIpc) is 2.78. The van der Waals surface area contributed by atoms with Crippen molar-refractivity contribution in [3.05, 3.63) is 102 Å². The number of ether oxygens (including phenoxy) is 1. The van der Waals surface area contributed by atoms with E-state index in [1.165, 1.54) is 10.4 Å². The van der Waals surface area contributed by atoms with Crippen molar-refractivity contribution in [2.24, 2.45) is 0 Å². The zero-order valence-corrected chi connectivity index (χ0v) is 18.0. The van der Waals surface area contributed by atoms with Gasteiger partial charge in [-0.1, -0.05) is 54.1 Å². The minimum atomic E-state index is -3.88. The van der Waals surface area contributed by atoms with E-state index in [9.17, 15) is 13.2 Å². The highest BCUT2D eigenvalue weighted by Gasteiger charge is 2.38. The summed E-state index contributed by atoms with van der Waals surface area (Å²) in [6, 6.07) is 20.7. The van der Waals surface area contributed by atoms with Crippen molar-refractivity contribution in [3.8, 4) is 5.75 Å². The number of carbonyl (C=O) groups is 1. The Bertz CT molecular complexity index is 1220. The number of nitrogens with zero attached hydrogens (tertiary/aromatic N) is 1. The van der Waals surface area contributed by atoms with Crippen molar-refractivity contribution in [3.63, 3.8) is 0 Å². The molecule has 0 aromatic heterocycles. The Morgan fingerprint density at radius 2 is 1.77 bits per heavy atom. The van der Waals surface area contributed by atoms with Crippen molar-refractivity contribution >= 4 is 21.5 Å². The van der Waals surface area contributed by atoms with E-state index in [0.29, 0.717) is 23.6 Å². The van der Waals surface area contributed by atoms with Gasteiger partial charge in [0.1, 0.15) is 12.4 Å². The van der Waals surface area contributed by atoms with Gasteiger partial charge in [-0.3, -0.25) is 9.10 Å². The smallest absolute Gasteiger partial charge is 0.264 e. The average molecular weight is 434 g/mol. The molecule has 5 nitrogen and oxygen atoms in total. The zero-order valence-electron chi connectivity index (χ0n) is 17.2. The van der Waals surface area contributed by atoms with Gasteiger partial charge < -0.3 is 4.74 Å². The molecule has 158 valence electrons. The van der Waals surface area contributed by atoms with Gasteiger partial charge in [0.05, 0.1) is 16.6 Å². The predicted molar refractivity (Wildman–Crippen MR) is 121 cm³/mol. The number of rotatable bonds is 6. The Kier molecular flexibility index (Phi) is 5.65. The summed E-state index contributed by atoms with van der Waals surface area (Å²) in [5.74, 6) is 0.376. The number of Topliss-reactive ketones (excluding diaryl/α,β-unsaturated/α-hetero) is 1. The van der Waals surface area contributed by atoms with Crippen LogP contribution in [0.15, 0.2) is 90.3 Å². The van der Waals surface area contributed by atoms with E-state index >= 15 is 0 Å². The summed E-state index contributed by atoms with van der Waals surface area (Å²) in [7, 11) is -3.88. The van der Waals surface area contributed by atoms with Gasteiger partial charge in [-0.2, -0.15) is 0 Å². The first-order valence-electron chi connectivity index (χ1n) is 9.98. The van der Waals surface area contributed by atoms with Crippen molar-refractivity contribution in [2.75, 3.05) is 4.31 Å². The highest BCUT2D eigenvalue weighted by atomic mass is 32.2. The van der Waals surface area contributed by atoms with Crippen LogP contribution in [0.25, 0.3) is 0 Å². The molecule has 0 saturated heterocycles. The van der Waals surface area contributed by atoms with Gasteiger partial charge in [-0.25, -0.2) is 8.42 Å². The van der Waals surface area contributed by atoms with Crippen LogP contribution < -0.4 is 9.04 Å². The predicted octanol–water partition coefficient (Wildman–Crippen LogP) is 4.91. The Morgan fingerprint density at radius 1 is 1.06 bits per heavy atom. The topological polar surface area (TPSA) is 63.7 Å². The molecule has 0 bridgehead atoms. The molecular formula is C25H23NO4S. The monoisotopic (exact) mass is 433 g/mol. The molecule has 4 rings (SSSR count). The normalized spacial score (nSPS) is 16.0. The molecule has 3 aromatic carbocycles. The third kappa shape index (κ3) is 4.11. The minimum absolute atomic E-state index is 0.0315. The van der Waals surface area contributed by atoms with Gasteiger partial charge >= 0.3 is 0 Å². The second kappa shape index (κ2) is 8.40. The first-order valence-corrected chi connectivity index (χ1v) is 11.4. The summed E-state index contributed by atoms with van der Waals surface area (Å²) in [6.07, 6.45) is 1.54. The second-order valence-electron chi connectivity index (χ2n) is 7.50. The second-order valence-corrected chi connectivity index (χ2v) is 9.31. The van der Waals surface area contributed by atoms with Crippen molar-refractivity contribution in [1.29, 1.82) is 0 Å². The molecule has 1 atom stereocenters. The molecular weight excluding hydrogens is 410 g/mol. The SMILES string of the molecule is C=CC1CC(=O)c2cc(OCc3ccccc3)ccc2N1S(=O)(=O)c1ccc(C)cc1. The van der Waals surface area contributed by atoms with Crippen LogP contribution in [0, 0.1) is 6.92 Å². The third-order valence-corrected chi connectivity index (χ3v) is 7.15. The van der Waals surface area contributed by atoms with Crippen LogP contribution in [0.5, 0.6) is 5.75 Å². The molecule has 0 amide bonds. The minimum Gasteiger partial charge on any atom is -0.489 e. The molecule has 0 saturated carbocycles. The number of benzene rings is 3. The number of carbonyl (C=O) groups excluding carboxylic acids is 1. The largest absolute Gasteiger partial charge is 0.489 e. The summed E-state index contributed by atoms with van der Waals surface area (Å²) in [6.45, 7) is 6.01. The lowest BCUT2D eigenvalue weighted by molar-refractivity contribution is 0.0974.